The Morgan fingerprint density at radius 1 is 0.759 bits per heavy atom. The fourth-order valence-corrected chi connectivity index (χ4v) is 3.58. The summed E-state index contributed by atoms with van der Waals surface area (Å²) in [7, 11) is 2.05. The third-order valence-corrected chi connectivity index (χ3v) is 5.13. The van der Waals surface area contributed by atoms with Crippen LogP contribution in [0, 0.1) is 0 Å². The Kier molecular flexibility index (Phi) is 5.29. The van der Waals surface area contributed by atoms with Gasteiger partial charge >= 0.3 is 0 Å². The van der Waals surface area contributed by atoms with Crippen LogP contribution in [0.3, 0.4) is 0 Å². The predicted octanol–water partition coefficient (Wildman–Crippen LogP) is 4.43. The highest BCUT2D eigenvalue weighted by Gasteiger charge is 2.24. The first kappa shape index (κ1) is 18.7. The van der Waals surface area contributed by atoms with Gasteiger partial charge < -0.3 is 15.1 Å². The topological polar surface area (TPSA) is 52.6 Å². The second-order valence-corrected chi connectivity index (χ2v) is 7.12. The van der Waals surface area contributed by atoms with Gasteiger partial charge in [0.1, 0.15) is 0 Å². The van der Waals surface area contributed by atoms with Crippen molar-refractivity contribution in [3.05, 3.63) is 90.0 Å². The summed E-state index contributed by atoms with van der Waals surface area (Å²) in [5.41, 5.74) is 3.84. The summed E-state index contributed by atoms with van der Waals surface area (Å²) in [4.78, 5) is 29.5. The third-order valence-electron chi connectivity index (χ3n) is 5.13. The highest BCUT2D eigenvalue weighted by molar-refractivity contribution is 6.08. The van der Waals surface area contributed by atoms with Gasteiger partial charge in [0.2, 0.25) is 0 Å². The van der Waals surface area contributed by atoms with Gasteiger partial charge in [0, 0.05) is 37.0 Å². The van der Waals surface area contributed by atoms with E-state index in [9.17, 15) is 9.59 Å². The maximum Gasteiger partial charge on any atom is 0.258 e. The molecule has 0 saturated heterocycles. The van der Waals surface area contributed by atoms with E-state index >= 15 is 0 Å². The van der Waals surface area contributed by atoms with Crippen LogP contribution in [0.4, 0.5) is 17.1 Å². The molecule has 0 aromatic heterocycles. The summed E-state index contributed by atoms with van der Waals surface area (Å²) in [6.07, 6.45) is 0.905. The van der Waals surface area contributed by atoms with Gasteiger partial charge in [-0.1, -0.05) is 30.3 Å². The number of carbonyl (C=O) groups excluding carboxylic acids is 2. The van der Waals surface area contributed by atoms with Crippen molar-refractivity contribution in [2.45, 2.75) is 6.42 Å². The van der Waals surface area contributed by atoms with Gasteiger partial charge in [-0.05, 0) is 55.0 Å². The van der Waals surface area contributed by atoms with Crippen molar-refractivity contribution in [1.82, 2.24) is 0 Å². The number of carbonyl (C=O) groups is 2. The number of hydrogen-bond acceptors (Lipinski definition) is 3. The van der Waals surface area contributed by atoms with E-state index in [1.54, 1.807) is 36.4 Å². The van der Waals surface area contributed by atoms with Crippen LogP contribution < -0.4 is 15.1 Å². The number of nitrogens with zero attached hydrogens (tertiary/aromatic N) is 2. The number of nitrogens with one attached hydrogen (secondary N) is 1. The zero-order valence-electron chi connectivity index (χ0n) is 16.3. The van der Waals surface area contributed by atoms with Crippen molar-refractivity contribution >= 4 is 28.9 Å². The molecular weight excluding hydrogens is 362 g/mol. The number of benzene rings is 3. The van der Waals surface area contributed by atoms with Gasteiger partial charge in [-0.2, -0.15) is 0 Å². The lowest BCUT2D eigenvalue weighted by molar-refractivity contribution is 0.0986. The summed E-state index contributed by atoms with van der Waals surface area (Å²) >= 11 is 0. The Morgan fingerprint density at radius 3 is 2.14 bits per heavy atom. The van der Waals surface area contributed by atoms with Gasteiger partial charge in [-0.15, -0.1) is 0 Å². The molecule has 0 fully saturated rings. The fourth-order valence-electron chi connectivity index (χ4n) is 3.58. The molecule has 4 rings (SSSR count). The standard InChI is InChI=1S/C24H23N3O2/c1-26-16-7-17-27(22-11-6-5-10-21(22)26)24(29)19-12-14-20(15-13-19)25-23(28)18-8-3-2-4-9-18/h2-6,8-15H,7,16-17H2,1H3,(H,25,28). The first-order valence-corrected chi connectivity index (χ1v) is 9.72. The van der Waals surface area contributed by atoms with Crippen LogP contribution in [0.1, 0.15) is 27.1 Å². The lowest BCUT2D eigenvalue weighted by atomic mass is 10.1. The van der Waals surface area contributed by atoms with Crippen LogP contribution in [0.5, 0.6) is 0 Å². The Hall–Kier alpha value is -3.60. The average Bonchev–Trinajstić information content (AvgIpc) is 2.93. The summed E-state index contributed by atoms with van der Waals surface area (Å²) in [6.45, 7) is 1.58. The normalized spacial score (nSPS) is 13.4. The van der Waals surface area contributed by atoms with E-state index in [-0.39, 0.29) is 11.8 Å². The minimum Gasteiger partial charge on any atom is -0.373 e. The molecular formula is C24H23N3O2. The number of amides is 2. The molecule has 3 aromatic rings. The van der Waals surface area contributed by atoms with E-state index in [4.69, 9.17) is 0 Å². The molecule has 29 heavy (non-hydrogen) atoms. The van der Waals surface area contributed by atoms with Gasteiger partial charge in [-0.3, -0.25) is 9.59 Å². The molecule has 2 amide bonds. The van der Waals surface area contributed by atoms with Crippen molar-refractivity contribution in [3.8, 4) is 0 Å². The van der Waals surface area contributed by atoms with Crippen LogP contribution in [0.2, 0.25) is 0 Å². The maximum atomic E-state index is 13.2. The molecule has 1 aliphatic rings. The van der Waals surface area contributed by atoms with Crippen LogP contribution in [0.25, 0.3) is 0 Å². The van der Waals surface area contributed by atoms with Crippen LogP contribution in [0.15, 0.2) is 78.9 Å². The molecule has 5 heteroatoms. The van der Waals surface area contributed by atoms with Crippen LogP contribution in [-0.2, 0) is 0 Å². The molecule has 1 aliphatic heterocycles. The number of fused-ring (bicyclic) bond motifs is 1. The average molecular weight is 385 g/mol. The quantitative estimate of drug-likeness (QED) is 0.726. The highest BCUT2D eigenvalue weighted by atomic mass is 16.2. The molecule has 0 radical (unpaired) electrons. The lowest BCUT2D eigenvalue weighted by Gasteiger charge is -2.24. The first-order chi connectivity index (χ1) is 14.1. The third kappa shape index (κ3) is 3.99. The van der Waals surface area contributed by atoms with Crippen molar-refractivity contribution < 1.29 is 9.59 Å². The number of hydrogen-bond donors (Lipinski definition) is 1. The van der Waals surface area contributed by atoms with Gasteiger partial charge in [0.25, 0.3) is 11.8 Å². The van der Waals surface area contributed by atoms with Crippen LogP contribution >= 0.6 is 0 Å². The summed E-state index contributed by atoms with van der Waals surface area (Å²) in [5, 5.41) is 2.86. The Balaban J connectivity index is 1.52. The summed E-state index contributed by atoms with van der Waals surface area (Å²) in [5.74, 6) is -0.206. The molecule has 3 aromatic carbocycles. The first-order valence-electron chi connectivity index (χ1n) is 9.72. The SMILES string of the molecule is CN1CCCN(C(=O)c2ccc(NC(=O)c3ccccc3)cc2)c2ccccc21. The largest absolute Gasteiger partial charge is 0.373 e. The molecule has 1 heterocycles. The molecule has 0 unspecified atom stereocenters. The van der Waals surface area contributed by atoms with Gasteiger partial charge in [0.05, 0.1) is 11.4 Å². The van der Waals surface area contributed by atoms with Crippen molar-refractivity contribution in [2.24, 2.45) is 0 Å². The number of para-hydroxylation sites is 2. The molecule has 0 saturated carbocycles. The molecule has 0 atom stereocenters. The van der Waals surface area contributed by atoms with Crippen molar-refractivity contribution in [2.75, 3.05) is 35.3 Å². The highest BCUT2D eigenvalue weighted by Crippen LogP contribution is 2.32. The van der Waals surface area contributed by atoms with E-state index in [0.29, 0.717) is 23.4 Å². The Bertz CT molecular complexity index is 1020. The molecule has 0 spiro atoms. The van der Waals surface area contributed by atoms with E-state index in [2.05, 4.69) is 17.3 Å². The molecule has 146 valence electrons. The zero-order valence-corrected chi connectivity index (χ0v) is 16.3. The van der Waals surface area contributed by atoms with Gasteiger partial charge in [-0.25, -0.2) is 0 Å². The number of rotatable bonds is 3. The molecule has 0 aliphatic carbocycles. The molecule has 1 N–H and O–H groups in total. The maximum absolute atomic E-state index is 13.2. The molecule has 5 nitrogen and oxygen atoms in total. The van der Waals surface area contributed by atoms with E-state index < -0.39 is 0 Å². The van der Waals surface area contributed by atoms with Crippen molar-refractivity contribution in [3.63, 3.8) is 0 Å². The second-order valence-electron chi connectivity index (χ2n) is 7.12. The monoisotopic (exact) mass is 385 g/mol. The minimum atomic E-state index is -0.172. The van der Waals surface area contributed by atoms with Crippen LogP contribution in [-0.4, -0.2) is 32.0 Å². The molecule has 0 bridgehead atoms. The second kappa shape index (κ2) is 8.19. The number of anilines is 3. The Labute approximate surface area is 170 Å². The van der Waals surface area contributed by atoms with Crippen molar-refractivity contribution in [1.29, 1.82) is 0 Å². The van der Waals surface area contributed by atoms with E-state index in [1.807, 2.05) is 47.4 Å². The predicted molar refractivity (Wildman–Crippen MR) is 117 cm³/mol. The smallest absolute Gasteiger partial charge is 0.258 e. The van der Waals surface area contributed by atoms with E-state index in [1.165, 1.54) is 0 Å². The van der Waals surface area contributed by atoms with Gasteiger partial charge in [0.15, 0.2) is 0 Å². The summed E-state index contributed by atoms with van der Waals surface area (Å²) < 4.78 is 0. The lowest BCUT2D eigenvalue weighted by Crippen LogP contribution is -2.31. The van der Waals surface area contributed by atoms with E-state index in [0.717, 1.165) is 24.3 Å². The fraction of sp³-hybridized carbons (Fsp3) is 0.167. The summed E-state index contributed by atoms with van der Waals surface area (Å²) in [6, 6.07) is 24.1. The minimum absolute atomic E-state index is 0.0336. The Morgan fingerprint density at radius 2 is 1.41 bits per heavy atom. The zero-order chi connectivity index (χ0) is 20.2.